The number of hydrogen-bond donors (Lipinski definition) is 2. The van der Waals surface area contributed by atoms with Gasteiger partial charge in [-0.2, -0.15) is 0 Å². The van der Waals surface area contributed by atoms with Crippen LogP contribution in [0.1, 0.15) is 24.8 Å². The van der Waals surface area contributed by atoms with Gasteiger partial charge in [0.1, 0.15) is 0 Å². The van der Waals surface area contributed by atoms with Crippen LogP contribution in [0.3, 0.4) is 0 Å². The Labute approximate surface area is 107 Å². The van der Waals surface area contributed by atoms with Crippen molar-refractivity contribution in [2.45, 2.75) is 32.2 Å². The third-order valence-electron chi connectivity index (χ3n) is 3.13. The lowest BCUT2D eigenvalue weighted by Gasteiger charge is -2.26. The standard InChI is InChI=1S/C13H17ClN2O/c1-9-5-6-10(14)7-12(9)16-13(17)8-15-11-3-2-4-11/h5-7,11,15H,2-4,8H2,1H3,(H,16,17). The minimum absolute atomic E-state index is 0.0118. The number of carbonyl (C=O) groups excluding carboxylic acids is 1. The molecule has 4 heteroatoms. The Morgan fingerprint density at radius 1 is 1.47 bits per heavy atom. The van der Waals surface area contributed by atoms with Crippen LogP contribution in [0.4, 0.5) is 5.69 Å². The number of amides is 1. The van der Waals surface area contributed by atoms with Crippen LogP contribution in [-0.4, -0.2) is 18.5 Å². The molecule has 1 amide bonds. The molecule has 0 aliphatic heterocycles. The normalized spacial score (nSPS) is 15.4. The summed E-state index contributed by atoms with van der Waals surface area (Å²) in [6, 6.07) is 6.02. The summed E-state index contributed by atoms with van der Waals surface area (Å²) in [5, 5.41) is 6.73. The van der Waals surface area contributed by atoms with Crippen molar-refractivity contribution in [2.75, 3.05) is 11.9 Å². The van der Waals surface area contributed by atoms with Gasteiger partial charge in [-0.3, -0.25) is 4.79 Å². The van der Waals surface area contributed by atoms with E-state index in [-0.39, 0.29) is 5.91 Å². The van der Waals surface area contributed by atoms with E-state index in [4.69, 9.17) is 11.6 Å². The van der Waals surface area contributed by atoms with E-state index in [0.29, 0.717) is 17.6 Å². The molecule has 1 aliphatic carbocycles. The predicted molar refractivity (Wildman–Crippen MR) is 70.5 cm³/mol. The average Bonchev–Trinajstić information content (AvgIpc) is 2.21. The highest BCUT2D eigenvalue weighted by atomic mass is 35.5. The van der Waals surface area contributed by atoms with Crippen LogP contribution >= 0.6 is 11.6 Å². The number of nitrogens with one attached hydrogen (secondary N) is 2. The van der Waals surface area contributed by atoms with E-state index in [9.17, 15) is 4.79 Å². The first-order valence-electron chi connectivity index (χ1n) is 5.94. The van der Waals surface area contributed by atoms with E-state index < -0.39 is 0 Å². The van der Waals surface area contributed by atoms with Gasteiger partial charge < -0.3 is 10.6 Å². The van der Waals surface area contributed by atoms with Crippen LogP contribution in [0.25, 0.3) is 0 Å². The lowest BCUT2D eigenvalue weighted by atomic mass is 9.93. The maximum absolute atomic E-state index is 11.7. The fourth-order valence-corrected chi connectivity index (χ4v) is 1.94. The minimum Gasteiger partial charge on any atom is -0.325 e. The van der Waals surface area contributed by atoms with Crippen molar-refractivity contribution in [3.8, 4) is 0 Å². The average molecular weight is 253 g/mol. The molecule has 1 saturated carbocycles. The highest BCUT2D eigenvalue weighted by Gasteiger charge is 2.17. The zero-order valence-corrected chi connectivity index (χ0v) is 10.7. The number of benzene rings is 1. The summed E-state index contributed by atoms with van der Waals surface area (Å²) in [7, 11) is 0. The number of carbonyl (C=O) groups is 1. The van der Waals surface area contributed by atoms with Gasteiger partial charge in [-0.25, -0.2) is 0 Å². The summed E-state index contributed by atoms with van der Waals surface area (Å²) in [5.74, 6) is -0.0118. The van der Waals surface area contributed by atoms with Gasteiger partial charge >= 0.3 is 0 Å². The fourth-order valence-electron chi connectivity index (χ4n) is 1.77. The van der Waals surface area contributed by atoms with Crippen molar-refractivity contribution in [1.82, 2.24) is 5.32 Å². The van der Waals surface area contributed by atoms with Crippen LogP contribution in [0.15, 0.2) is 18.2 Å². The van der Waals surface area contributed by atoms with E-state index in [1.807, 2.05) is 19.1 Å². The van der Waals surface area contributed by atoms with Crippen molar-refractivity contribution in [3.63, 3.8) is 0 Å². The molecule has 1 aromatic carbocycles. The maximum atomic E-state index is 11.7. The van der Waals surface area contributed by atoms with Crippen molar-refractivity contribution in [2.24, 2.45) is 0 Å². The van der Waals surface area contributed by atoms with Gasteiger partial charge in [0.25, 0.3) is 0 Å². The molecular formula is C13H17ClN2O. The van der Waals surface area contributed by atoms with Crippen molar-refractivity contribution >= 4 is 23.2 Å². The minimum atomic E-state index is -0.0118. The Morgan fingerprint density at radius 2 is 2.24 bits per heavy atom. The quantitative estimate of drug-likeness (QED) is 0.865. The molecule has 17 heavy (non-hydrogen) atoms. The molecule has 2 rings (SSSR count). The molecule has 1 fully saturated rings. The van der Waals surface area contributed by atoms with Crippen molar-refractivity contribution in [3.05, 3.63) is 28.8 Å². The molecule has 0 bridgehead atoms. The summed E-state index contributed by atoms with van der Waals surface area (Å²) in [5.41, 5.74) is 1.81. The molecule has 0 spiro atoms. The van der Waals surface area contributed by atoms with Gasteiger partial charge in [0.05, 0.1) is 6.54 Å². The first-order chi connectivity index (χ1) is 8.15. The molecule has 0 aromatic heterocycles. The summed E-state index contributed by atoms with van der Waals surface area (Å²) >= 11 is 5.89. The molecule has 0 saturated heterocycles. The largest absolute Gasteiger partial charge is 0.325 e. The zero-order chi connectivity index (χ0) is 12.3. The van der Waals surface area contributed by atoms with Crippen LogP contribution < -0.4 is 10.6 Å². The highest BCUT2D eigenvalue weighted by molar-refractivity contribution is 6.31. The van der Waals surface area contributed by atoms with Gasteiger partial charge in [0.2, 0.25) is 5.91 Å². The van der Waals surface area contributed by atoms with Crippen LogP contribution in [0.2, 0.25) is 5.02 Å². The van der Waals surface area contributed by atoms with E-state index >= 15 is 0 Å². The van der Waals surface area contributed by atoms with E-state index in [1.165, 1.54) is 19.3 Å². The molecule has 2 N–H and O–H groups in total. The van der Waals surface area contributed by atoms with Gasteiger partial charge in [-0.15, -0.1) is 0 Å². The third-order valence-corrected chi connectivity index (χ3v) is 3.37. The Balaban J connectivity index is 1.86. The summed E-state index contributed by atoms with van der Waals surface area (Å²) in [6.07, 6.45) is 3.64. The van der Waals surface area contributed by atoms with Gasteiger partial charge in [-0.05, 0) is 37.5 Å². The van der Waals surface area contributed by atoms with Gasteiger partial charge in [-0.1, -0.05) is 24.1 Å². The Morgan fingerprint density at radius 3 is 2.88 bits per heavy atom. The molecule has 0 atom stereocenters. The predicted octanol–water partition coefficient (Wildman–Crippen LogP) is 2.73. The number of rotatable bonds is 4. The number of anilines is 1. The van der Waals surface area contributed by atoms with Gasteiger partial charge in [0, 0.05) is 16.8 Å². The number of aryl methyl sites for hydroxylation is 1. The first-order valence-corrected chi connectivity index (χ1v) is 6.32. The maximum Gasteiger partial charge on any atom is 0.238 e. The van der Waals surface area contributed by atoms with Crippen molar-refractivity contribution in [1.29, 1.82) is 0 Å². The van der Waals surface area contributed by atoms with Crippen LogP contribution in [-0.2, 0) is 4.79 Å². The number of halogens is 1. The second kappa shape index (κ2) is 5.52. The Bertz CT molecular complexity index is 416. The van der Waals surface area contributed by atoms with E-state index in [2.05, 4.69) is 10.6 Å². The lowest BCUT2D eigenvalue weighted by molar-refractivity contribution is -0.115. The molecule has 0 radical (unpaired) electrons. The summed E-state index contributed by atoms with van der Waals surface area (Å²) in [4.78, 5) is 11.7. The van der Waals surface area contributed by atoms with Crippen LogP contribution in [0, 0.1) is 6.92 Å². The molecule has 92 valence electrons. The monoisotopic (exact) mass is 252 g/mol. The van der Waals surface area contributed by atoms with Crippen molar-refractivity contribution < 1.29 is 4.79 Å². The fraction of sp³-hybridized carbons (Fsp3) is 0.462. The third kappa shape index (κ3) is 3.45. The summed E-state index contributed by atoms with van der Waals surface area (Å²) < 4.78 is 0. The Hall–Kier alpha value is -1.06. The molecular weight excluding hydrogens is 236 g/mol. The molecule has 3 nitrogen and oxygen atoms in total. The van der Waals surface area contributed by atoms with Gasteiger partial charge in [0.15, 0.2) is 0 Å². The lowest BCUT2D eigenvalue weighted by Crippen LogP contribution is -2.40. The first kappa shape index (κ1) is 12.4. The second-order valence-corrected chi connectivity index (χ2v) is 4.95. The summed E-state index contributed by atoms with van der Waals surface area (Å²) in [6.45, 7) is 2.32. The van der Waals surface area contributed by atoms with E-state index in [0.717, 1.165) is 11.3 Å². The van der Waals surface area contributed by atoms with Crippen LogP contribution in [0.5, 0.6) is 0 Å². The Kier molecular flexibility index (Phi) is 4.02. The highest BCUT2D eigenvalue weighted by Crippen LogP contribution is 2.20. The SMILES string of the molecule is Cc1ccc(Cl)cc1NC(=O)CNC1CCC1. The molecule has 0 unspecified atom stereocenters. The molecule has 1 aliphatic rings. The number of hydrogen-bond acceptors (Lipinski definition) is 2. The molecule has 0 heterocycles. The molecule has 1 aromatic rings. The van der Waals surface area contributed by atoms with E-state index in [1.54, 1.807) is 6.07 Å². The topological polar surface area (TPSA) is 41.1 Å². The zero-order valence-electron chi connectivity index (χ0n) is 9.92. The smallest absolute Gasteiger partial charge is 0.238 e. The second-order valence-electron chi connectivity index (χ2n) is 4.52.